The van der Waals surface area contributed by atoms with Gasteiger partial charge >= 0.3 is 0 Å². The Morgan fingerprint density at radius 2 is 1.88 bits per heavy atom. The fourth-order valence-electron chi connectivity index (χ4n) is 3.42. The third-order valence-corrected chi connectivity index (χ3v) is 5.98. The number of nitriles is 1. The highest BCUT2D eigenvalue weighted by molar-refractivity contribution is 7.99. The molecule has 5 rings (SSSR count). The zero-order valence-electron chi connectivity index (χ0n) is 17.3. The predicted molar refractivity (Wildman–Crippen MR) is 125 cm³/mol. The maximum atomic E-state index is 10.7. The van der Waals surface area contributed by atoms with Crippen LogP contribution in [0.4, 0.5) is 0 Å². The molecule has 9 heteroatoms. The van der Waals surface area contributed by atoms with Gasteiger partial charge in [-0.25, -0.2) is 4.98 Å². The third-order valence-electron chi connectivity index (χ3n) is 5.01. The number of thioether (sulfide) groups is 1. The van der Waals surface area contributed by atoms with E-state index in [2.05, 4.69) is 26.2 Å². The van der Waals surface area contributed by atoms with Crippen molar-refractivity contribution in [1.82, 2.24) is 24.7 Å². The number of aliphatic hydroxyl groups excluding tert-OH is 1. The largest absolute Gasteiger partial charge is 0.510 e. The van der Waals surface area contributed by atoms with Gasteiger partial charge in [-0.1, -0.05) is 54.2 Å². The highest BCUT2D eigenvalue weighted by Crippen LogP contribution is 2.28. The molecule has 0 aliphatic heterocycles. The van der Waals surface area contributed by atoms with E-state index in [0.29, 0.717) is 29.1 Å². The molecule has 33 heavy (non-hydrogen) atoms. The van der Waals surface area contributed by atoms with E-state index in [1.165, 1.54) is 11.8 Å². The number of aromatic nitrogens is 5. The van der Waals surface area contributed by atoms with Crippen molar-refractivity contribution in [2.24, 2.45) is 0 Å². The van der Waals surface area contributed by atoms with Gasteiger partial charge in [-0.05, 0) is 29.8 Å². The van der Waals surface area contributed by atoms with Crippen LogP contribution < -0.4 is 0 Å². The molecule has 0 atom stereocenters. The molecule has 2 aromatic carbocycles. The van der Waals surface area contributed by atoms with Gasteiger partial charge in [0.25, 0.3) is 0 Å². The van der Waals surface area contributed by atoms with E-state index in [1.54, 1.807) is 12.3 Å². The first-order chi connectivity index (χ1) is 16.2. The molecule has 0 radical (unpaired) electrons. The molecular weight excluding hydrogens is 436 g/mol. The SMILES string of the molecule is N#CC(=C(O)CSc1nnc(-c2ccco2)n1Cc1ccccc1)c1nc2ccccc2[nH]1. The molecule has 0 spiro atoms. The quantitative estimate of drug-likeness (QED) is 0.201. The summed E-state index contributed by atoms with van der Waals surface area (Å²) in [5, 5.41) is 29.6. The van der Waals surface area contributed by atoms with E-state index in [1.807, 2.05) is 65.2 Å². The second-order valence-corrected chi connectivity index (χ2v) is 8.12. The molecule has 0 aliphatic rings. The number of nitrogens with zero attached hydrogens (tertiary/aromatic N) is 5. The van der Waals surface area contributed by atoms with Gasteiger partial charge in [-0.15, -0.1) is 10.2 Å². The van der Waals surface area contributed by atoms with Gasteiger partial charge in [0.05, 0.1) is 29.6 Å². The van der Waals surface area contributed by atoms with Crippen molar-refractivity contribution in [3.8, 4) is 17.7 Å². The Labute approximate surface area is 193 Å². The lowest BCUT2D eigenvalue weighted by molar-refractivity contribution is 0.420. The molecule has 0 aliphatic carbocycles. The number of H-pyrrole nitrogens is 1. The molecule has 3 aromatic heterocycles. The Morgan fingerprint density at radius 3 is 2.64 bits per heavy atom. The Balaban J connectivity index is 1.44. The minimum atomic E-state index is -0.0876. The summed E-state index contributed by atoms with van der Waals surface area (Å²) < 4.78 is 7.46. The van der Waals surface area contributed by atoms with Crippen molar-refractivity contribution in [2.45, 2.75) is 11.7 Å². The summed E-state index contributed by atoms with van der Waals surface area (Å²) in [6.07, 6.45) is 1.59. The van der Waals surface area contributed by atoms with E-state index < -0.39 is 0 Å². The van der Waals surface area contributed by atoms with Crippen LogP contribution in [0.15, 0.2) is 88.3 Å². The Kier molecular flexibility index (Phi) is 5.66. The number of hydrogen-bond acceptors (Lipinski definition) is 7. The zero-order valence-corrected chi connectivity index (χ0v) is 18.2. The topological polar surface area (TPSA) is 117 Å². The fourth-order valence-corrected chi connectivity index (χ4v) is 4.24. The molecule has 3 heterocycles. The number of benzene rings is 2. The van der Waals surface area contributed by atoms with E-state index in [0.717, 1.165) is 16.6 Å². The second-order valence-electron chi connectivity index (χ2n) is 7.18. The number of fused-ring (bicyclic) bond motifs is 1. The molecule has 162 valence electrons. The standard InChI is InChI=1S/C24H18N6O2S/c25-13-17(22-26-18-9-4-5-10-19(18)27-22)20(31)15-33-24-29-28-23(21-11-6-12-32-21)30(24)14-16-7-2-1-3-8-16/h1-12,31H,14-15H2,(H,26,27). The number of aliphatic hydroxyl groups is 1. The van der Waals surface area contributed by atoms with Crippen LogP contribution in [-0.2, 0) is 6.54 Å². The molecule has 0 amide bonds. The van der Waals surface area contributed by atoms with Gasteiger partial charge in [-0.3, -0.25) is 4.57 Å². The fraction of sp³-hybridized carbons (Fsp3) is 0.0833. The van der Waals surface area contributed by atoms with Crippen LogP contribution in [0.25, 0.3) is 28.2 Å². The third kappa shape index (κ3) is 4.24. The van der Waals surface area contributed by atoms with E-state index in [9.17, 15) is 10.4 Å². The molecule has 8 nitrogen and oxygen atoms in total. The molecule has 0 bridgehead atoms. The van der Waals surface area contributed by atoms with Crippen molar-refractivity contribution in [3.63, 3.8) is 0 Å². The molecule has 0 saturated heterocycles. The first-order valence-corrected chi connectivity index (χ1v) is 11.1. The van der Waals surface area contributed by atoms with Crippen LogP contribution in [0.2, 0.25) is 0 Å². The van der Waals surface area contributed by atoms with Gasteiger partial charge in [0.1, 0.15) is 17.4 Å². The van der Waals surface area contributed by atoms with Gasteiger partial charge < -0.3 is 14.5 Å². The van der Waals surface area contributed by atoms with Gasteiger partial charge in [0.15, 0.2) is 16.7 Å². The Morgan fingerprint density at radius 1 is 1.06 bits per heavy atom. The first kappa shape index (κ1) is 20.6. The molecule has 0 unspecified atom stereocenters. The molecule has 0 fully saturated rings. The van der Waals surface area contributed by atoms with Gasteiger partial charge in [0.2, 0.25) is 5.82 Å². The van der Waals surface area contributed by atoms with Crippen LogP contribution in [-0.4, -0.2) is 35.6 Å². The normalized spacial score (nSPS) is 12.0. The van der Waals surface area contributed by atoms with Crippen molar-refractivity contribution >= 4 is 28.4 Å². The smallest absolute Gasteiger partial charge is 0.200 e. The maximum Gasteiger partial charge on any atom is 0.200 e. The zero-order chi connectivity index (χ0) is 22.6. The summed E-state index contributed by atoms with van der Waals surface area (Å²) in [6.45, 7) is 0.533. The van der Waals surface area contributed by atoms with Crippen molar-refractivity contribution in [2.75, 3.05) is 5.75 Å². The monoisotopic (exact) mass is 454 g/mol. The minimum Gasteiger partial charge on any atom is -0.510 e. The number of furan rings is 1. The summed E-state index contributed by atoms with van der Waals surface area (Å²) in [7, 11) is 0. The molecule has 0 saturated carbocycles. The number of rotatable bonds is 7. The van der Waals surface area contributed by atoms with E-state index >= 15 is 0 Å². The summed E-state index contributed by atoms with van der Waals surface area (Å²) in [5.74, 6) is 1.57. The summed E-state index contributed by atoms with van der Waals surface area (Å²) in [4.78, 5) is 7.51. The summed E-state index contributed by atoms with van der Waals surface area (Å²) in [5.41, 5.74) is 2.70. The lowest BCUT2D eigenvalue weighted by Gasteiger charge is -2.09. The van der Waals surface area contributed by atoms with Crippen LogP contribution in [0.1, 0.15) is 11.4 Å². The number of imidazole rings is 1. The molecular formula is C24H18N6O2S. The summed E-state index contributed by atoms with van der Waals surface area (Å²) in [6, 6.07) is 23.1. The lowest BCUT2D eigenvalue weighted by atomic mass is 10.2. The number of para-hydroxylation sites is 2. The number of allylic oxidation sites excluding steroid dienone is 1. The van der Waals surface area contributed by atoms with E-state index in [4.69, 9.17) is 4.42 Å². The second kappa shape index (κ2) is 9.06. The van der Waals surface area contributed by atoms with Gasteiger partial charge in [0, 0.05) is 0 Å². The first-order valence-electron chi connectivity index (χ1n) is 10.1. The minimum absolute atomic E-state index is 0.0876. The van der Waals surface area contributed by atoms with Crippen LogP contribution in [0, 0.1) is 11.3 Å². The van der Waals surface area contributed by atoms with Crippen molar-refractivity contribution < 1.29 is 9.52 Å². The van der Waals surface area contributed by atoms with Crippen molar-refractivity contribution in [1.29, 1.82) is 5.26 Å². The lowest BCUT2D eigenvalue weighted by Crippen LogP contribution is -2.04. The van der Waals surface area contributed by atoms with E-state index in [-0.39, 0.29) is 17.1 Å². The highest BCUT2D eigenvalue weighted by atomic mass is 32.2. The van der Waals surface area contributed by atoms with Crippen LogP contribution in [0.3, 0.4) is 0 Å². The Bertz CT molecular complexity index is 1430. The summed E-state index contributed by atoms with van der Waals surface area (Å²) >= 11 is 1.28. The van der Waals surface area contributed by atoms with Gasteiger partial charge in [-0.2, -0.15) is 5.26 Å². The maximum absolute atomic E-state index is 10.7. The number of hydrogen-bond donors (Lipinski definition) is 2. The predicted octanol–water partition coefficient (Wildman–Crippen LogP) is 5.05. The van der Waals surface area contributed by atoms with Crippen molar-refractivity contribution in [3.05, 3.63) is 90.1 Å². The number of nitrogens with one attached hydrogen (secondary N) is 1. The molecule has 2 N–H and O–H groups in total. The molecule has 5 aromatic rings. The van der Waals surface area contributed by atoms with Crippen LogP contribution >= 0.6 is 11.8 Å². The number of aromatic amines is 1. The Hall–Kier alpha value is -4.29. The average molecular weight is 455 g/mol. The average Bonchev–Trinajstić information content (AvgIpc) is 3.59. The highest BCUT2D eigenvalue weighted by Gasteiger charge is 2.19. The van der Waals surface area contributed by atoms with Crippen LogP contribution in [0.5, 0.6) is 0 Å².